The molecular weight excluding hydrogens is 177 g/mol. The van der Waals surface area contributed by atoms with E-state index in [0.717, 1.165) is 4.43 Å². The number of nitrogens with zero attached hydrogens (tertiary/aromatic N) is 1. The Labute approximate surface area is 45.3 Å². The molecule has 0 atom stereocenters. The summed E-state index contributed by atoms with van der Waals surface area (Å²) in [6, 6.07) is 0. The molecule has 28 valence electrons. The van der Waals surface area contributed by atoms with Crippen molar-refractivity contribution in [3.05, 3.63) is 11.4 Å². The molecule has 0 saturated heterocycles. The van der Waals surface area contributed by atoms with E-state index in [2.05, 4.69) is 27.4 Å². The molecule has 0 N–H and O–H groups in total. The maximum atomic E-state index is 6.22. The molecule has 0 aromatic rings. The van der Waals surface area contributed by atoms with Crippen molar-refractivity contribution >= 4 is 22.6 Å². The molecule has 2 heteroatoms. The van der Waals surface area contributed by atoms with Crippen LogP contribution in [0.4, 0.5) is 0 Å². The van der Waals surface area contributed by atoms with Gasteiger partial charge in [-0.3, -0.25) is 0 Å². The van der Waals surface area contributed by atoms with Gasteiger partial charge in [0.1, 0.15) is 0 Å². The van der Waals surface area contributed by atoms with Crippen molar-refractivity contribution in [1.82, 2.24) is 0 Å². The lowest BCUT2D eigenvalue weighted by Crippen LogP contribution is -1.68. The van der Waals surface area contributed by atoms with E-state index in [9.17, 15) is 0 Å². The zero-order chi connectivity index (χ0) is 4.12. The third-order valence-corrected chi connectivity index (χ3v) is 0.679. The lowest BCUT2D eigenvalue weighted by Gasteiger charge is -1.64. The van der Waals surface area contributed by atoms with E-state index in [0.29, 0.717) is 6.54 Å². The number of hydrogen-bond donors (Lipinski definition) is 0. The van der Waals surface area contributed by atoms with Crippen molar-refractivity contribution in [2.24, 2.45) is 0 Å². The van der Waals surface area contributed by atoms with Gasteiger partial charge < -0.3 is 4.85 Å². The Hall–Kier alpha value is 0.220. The van der Waals surface area contributed by atoms with Crippen LogP contribution in [-0.4, -0.2) is 11.0 Å². The second kappa shape index (κ2) is 4.22. The quantitative estimate of drug-likeness (QED) is 0.326. The second-order valence-corrected chi connectivity index (χ2v) is 1.65. The van der Waals surface area contributed by atoms with Crippen molar-refractivity contribution < 1.29 is 0 Å². The summed E-state index contributed by atoms with van der Waals surface area (Å²) in [5.41, 5.74) is 0. The fraction of sp³-hybridized carbons (Fsp3) is 0.667. The van der Waals surface area contributed by atoms with Gasteiger partial charge >= 0.3 is 0 Å². The molecule has 0 aliphatic carbocycles. The van der Waals surface area contributed by atoms with E-state index in [-0.39, 0.29) is 0 Å². The highest BCUT2D eigenvalue weighted by Gasteiger charge is 1.70. The Kier molecular flexibility index (Phi) is 4.41. The summed E-state index contributed by atoms with van der Waals surface area (Å²) < 4.78 is 0.960. The minimum Gasteiger partial charge on any atom is -0.316 e. The Morgan fingerprint density at radius 2 is 2.40 bits per heavy atom. The van der Waals surface area contributed by atoms with Crippen LogP contribution in [0.2, 0.25) is 0 Å². The first kappa shape index (κ1) is 5.22. The Balaban J connectivity index is 2.48. The number of alkyl halides is 1. The van der Waals surface area contributed by atoms with Crippen LogP contribution in [-0.2, 0) is 0 Å². The smallest absolute Gasteiger partial charge is 0.223 e. The van der Waals surface area contributed by atoms with Crippen LogP contribution in [0.5, 0.6) is 0 Å². The molecule has 0 spiro atoms. The van der Waals surface area contributed by atoms with Crippen LogP contribution in [0.1, 0.15) is 0 Å². The van der Waals surface area contributed by atoms with E-state index in [1.54, 1.807) is 0 Å². The van der Waals surface area contributed by atoms with Crippen LogP contribution < -0.4 is 0 Å². The van der Waals surface area contributed by atoms with Crippen molar-refractivity contribution in [3.63, 3.8) is 0 Å². The topological polar surface area (TPSA) is 4.36 Å². The monoisotopic (exact) mass is 181 g/mol. The lowest BCUT2D eigenvalue weighted by molar-refractivity contribution is 1.40. The first-order chi connectivity index (χ1) is 2.41. The summed E-state index contributed by atoms with van der Waals surface area (Å²) in [4.78, 5) is 3.10. The van der Waals surface area contributed by atoms with Gasteiger partial charge in [0, 0.05) is 0 Å². The van der Waals surface area contributed by atoms with Gasteiger partial charge in [-0.1, -0.05) is 22.6 Å². The van der Waals surface area contributed by atoms with Gasteiger partial charge in [-0.15, -0.1) is 0 Å². The first-order valence-corrected chi connectivity index (χ1v) is 2.83. The van der Waals surface area contributed by atoms with Crippen LogP contribution in [0, 0.1) is 6.57 Å². The third kappa shape index (κ3) is 4.22. The molecule has 0 aromatic carbocycles. The van der Waals surface area contributed by atoms with Crippen LogP contribution in [0.3, 0.4) is 0 Å². The molecule has 0 heterocycles. The number of halogens is 1. The Bertz CT molecular complexity index is 45.3. The van der Waals surface area contributed by atoms with Crippen LogP contribution in [0.15, 0.2) is 0 Å². The molecule has 0 aromatic heterocycles. The lowest BCUT2D eigenvalue weighted by atomic mass is 10.8. The van der Waals surface area contributed by atoms with E-state index >= 15 is 0 Å². The van der Waals surface area contributed by atoms with Gasteiger partial charge in [0.2, 0.25) is 6.54 Å². The fourth-order valence-electron chi connectivity index (χ4n) is 0.0423. The maximum Gasteiger partial charge on any atom is 0.223 e. The standard InChI is InChI=1S/C3H4IN/c1-5-3-2-4/h2-3H2. The van der Waals surface area contributed by atoms with E-state index in [1.165, 1.54) is 0 Å². The molecule has 0 fully saturated rings. The van der Waals surface area contributed by atoms with Gasteiger partial charge in [-0.05, 0) is 0 Å². The van der Waals surface area contributed by atoms with Crippen molar-refractivity contribution in [2.45, 2.75) is 0 Å². The average molecular weight is 181 g/mol. The summed E-state index contributed by atoms with van der Waals surface area (Å²) in [7, 11) is 0. The maximum absolute atomic E-state index is 6.22. The second-order valence-electron chi connectivity index (χ2n) is 0.571. The molecule has 0 bridgehead atoms. The molecule has 1 nitrogen and oxygen atoms in total. The molecule has 0 rings (SSSR count). The molecular formula is C3H4IN. The van der Waals surface area contributed by atoms with Gasteiger partial charge in [0.25, 0.3) is 0 Å². The van der Waals surface area contributed by atoms with Crippen LogP contribution >= 0.6 is 22.6 Å². The first-order valence-electron chi connectivity index (χ1n) is 1.31. The summed E-state index contributed by atoms with van der Waals surface area (Å²) >= 11 is 2.17. The Morgan fingerprint density at radius 3 is 2.40 bits per heavy atom. The molecule has 0 unspecified atom stereocenters. The fourth-order valence-corrected chi connectivity index (χ4v) is 0.283. The summed E-state index contributed by atoms with van der Waals surface area (Å²) in [5.74, 6) is 0. The largest absolute Gasteiger partial charge is 0.316 e. The van der Waals surface area contributed by atoms with Gasteiger partial charge in [-0.25, -0.2) is 6.57 Å². The Morgan fingerprint density at radius 1 is 1.80 bits per heavy atom. The van der Waals surface area contributed by atoms with Crippen molar-refractivity contribution in [3.8, 4) is 0 Å². The molecule has 0 saturated carbocycles. The minimum atomic E-state index is 0.667. The number of rotatable bonds is 1. The molecule has 0 amide bonds. The van der Waals surface area contributed by atoms with Gasteiger partial charge in [-0.2, -0.15) is 0 Å². The zero-order valence-electron chi connectivity index (χ0n) is 2.74. The summed E-state index contributed by atoms with van der Waals surface area (Å²) in [6.07, 6.45) is 0. The highest BCUT2D eigenvalue weighted by molar-refractivity contribution is 14.1. The zero-order valence-corrected chi connectivity index (χ0v) is 4.90. The normalized spacial score (nSPS) is 6.40. The van der Waals surface area contributed by atoms with E-state index < -0.39 is 0 Å². The predicted octanol–water partition coefficient (Wildman–Crippen LogP) is 1.34. The SMILES string of the molecule is [C-]#[N+]CCI. The van der Waals surface area contributed by atoms with Crippen molar-refractivity contribution in [1.29, 1.82) is 0 Å². The van der Waals surface area contributed by atoms with Gasteiger partial charge in [0.15, 0.2) is 0 Å². The van der Waals surface area contributed by atoms with Crippen molar-refractivity contribution in [2.75, 3.05) is 11.0 Å². The molecule has 0 aliphatic heterocycles. The minimum absolute atomic E-state index is 0.667. The number of hydrogen-bond acceptors (Lipinski definition) is 0. The molecule has 0 radical (unpaired) electrons. The molecule has 0 aliphatic rings. The van der Waals surface area contributed by atoms with Gasteiger partial charge in [0.05, 0.1) is 4.43 Å². The average Bonchev–Trinajstić information content (AvgIpc) is 1.41. The highest BCUT2D eigenvalue weighted by Crippen LogP contribution is 1.77. The predicted molar refractivity (Wildman–Crippen MR) is 30.4 cm³/mol. The summed E-state index contributed by atoms with van der Waals surface area (Å²) in [6.45, 7) is 6.89. The van der Waals surface area contributed by atoms with E-state index in [1.807, 2.05) is 0 Å². The third-order valence-electron chi connectivity index (χ3n) is 0.196. The highest BCUT2D eigenvalue weighted by atomic mass is 127. The van der Waals surface area contributed by atoms with Crippen LogP contribution in [0.25, 0.3) is 4.85 Å². The molecule has 5 heavy (non-hydrogen) atoms. The summed E-state index contributed by atoms with van der Waals surface area (Å²) in [5, 5.41) is 0. The van der Waals surface area contributed by atoms with E-state index in [4.69, 9.17) is 6.57 Å².